The van der Waals surface area contributed by atoms with E-state index in [2.05, 4.69) is 5.32 Å². The first kappa shape index (κ1) is 13.0. The Morgan fingerprint density at radius 3 is 2.80 bits per heavy atom. The third kappa shape index (κ3) is 3.10. The van der Waals surface area contributed by atoms with E-state index in [0.29, 0.717) is 12.2 Å². The normalized spacial score (nSPS) is 17.9. The van der Waals surface area contributed by atoms with Crippen LogP contribution in [-0.4, -0.2) is 5.97 Å². The van der Waals surface area contributed by atoms with Crippen LogP contribution in [0.15, 0.2) is 53.4 Å². The average Bonchev–Trinajstić information content (AvgIpc) is 2.48. The fraction of sp³-hybridized carbons (Fsp3) is 0.353. The second-order valence-electron chi connectivity index (χ2n) is 5.38. The van der Waals surface area contributed by atoms with Crippen LogP contribution >= 0.6 is 0 Å². The van der Waals surface area contributed by atoms with Gasteiger partial charge in [0.05, 0.1) is 6.42 Å². The molecular formula is C17H19NO2. The number of dihydropyridines is 1. The summed E-state index contributed by atoms with van der Waals surface area (Å²) < 4.78 is 5.33. The predicted octanol–water partition coefficient (Wildman–Crippen LogP) is 3.69. The quantitative estimate of drug-likeness (QED) is 0.672. The molecule has 0 bridgehead atoms. The van der Waals surface area contributed by atoms with Crippen molar-refractivity contribution in [2.45, 2.75) is 38.5 Å². The number of hydrogen-bond donors (Lipinski definition) is 1. The minimum atomic E-state index is -0.191. The molecule has 1 aliphatic heterocycles. The maximum atomic E-state index is 11.9. The zero-order valence-electron chi connectivity index (χ0n) is 11.5. The van der Waals surface area contributed by atoms with Crippen molar-refractivity contribution in [1.82, 2.24) is 5.32 Å². The summed E-state index contributed by atoms with van der Waals surface area (Å²) in [5.74, 6) is 0.420. The molecule has 1 aliphatic carbocycles. The molecule has 1 aromatic rings. The molecule has 20 heavy (non-hydrogen) atoms. The van der Waals surface area contributed by atoms with Crippen LogP contribution in [0.2, 0.25) is 0 Å². The Balaban J connectivity index is 1.56. The van der Waals surface area contributed by atoms with Crippen LogP contribution in [-0.2, 0) is 4.79 Å². The van der Waals surface area contributed by atoms with Crippen molar-refractivity contribution in [3.63, 3.8) is 0 Å². The fourth-order valence-electron chi connectivity index (χ4n) is 2.81. The first-order valence-corrected chi connectivity index (χ1v) is 7.22. The van der Waals surface area contributed by atoms with Gasteiger partial charge in [-0.25, -0.2) is 0 Å². The molecule has 0 spiro atoms. The van der Waals surface area contributed by atoms with Gasteiger partial charge in [0.2, 0.25) is 0 Å². The van der Waals surface area contributed by atoms with Gasteiger partial charge >= 0.3 is 5.97 Å². The Bertz CT molecular complexity index is 558. The van der Waals surface area contributed by atoms with Crippen molar-refractivity contribution in [3.8, 4) is 5.75 Å². The Hall–Kier alpha value is -2.03. The van der Waals surface area contributed by atoms with Crippen molar-refractivity contribution in [1.29, 1.82) is 0 Å². The number of para-hydroxylation sites is 1. The largest absolute Gasteiger partial charge is 0.426 e. The van der Waals surface area contributed by atoms with Gasteiger partial charge in [-0.2, -0.15) is 0 Å². The number of esters is 1. The lowest BCUT2D eigenvalue weighted by Crippen LogP contribution is -2.19. The first-order chi connectivity index (χ1) is 9.81. The Kier molecular flexibility index (Phi) is 3.86. The molecule has 0 saturated heterocycles. The predicted molar refractivity (Wildman–Crippen MR) is 78.0 cm³/mol. The number of carbonyl (C=O) groups excluding carboxylic acids is 1. The highest BCUT2D eigenvalue weighted by atomic mass is 16.5. The summed E-state index contributed by atoms with van der Waals surface area (Å²) >= 11 is 0. The lowest BCUT2D eigenvalue weighted by Gasteiger charge is -2.25. The maximum absolute atomic E-state index is 11.9. The minimum absolute atomic E-state index is 0.191. The van der Waals surface area contributed by atoms with E-state index < -0.39 is 0 Å². The topological polar surface area (TPSA) is 38.3 Å². The third-order valence-electron chi connectivity index (χ3n) is 3.82. The molecule has 0 saturated carbocycles. The smallest absolute Gasteiger partial charge is 0.315 e. The van der Waals surface area contributed by atoms with Gasteiger partial charge in [-0.3, -0.25) is 4.79 Å². The van der Waals surface area contributed by atoms with Crippen LogP contribution in [0.25, 0.3) is 0 Å². The van der Waals surface area contributed by atoms with Crippen LogP contribution in [0, 0.1) is 0 Å². The van der Waals surface area contributed by atoms with E-state index >= 15 is 0 Å². The second-order valence-corrected chi connectivity index (χ2v) is 5.38. The van der Waals surface area contributed by atoms with Gasteiger partial charge < -0.3 is 10.1 Å². The minimum Gasteiger partial charge on any atom is -0.426 e. The monoisotopic (exact) mass is 269 g/mol. The highest BCUT2D eigenvalue weighted by molar-refractivity contribution is 5.75. The molecule has 104 valence electrons. The molecule has 0 atom stereocenters. The number of nitrogens with one attached hydrogen (secondary N) is 1. The van der Waals surface area contributed by atoms with E-state index in [1.54, 1.807) is 12.1 Å². The summed E-state index contributed by atoms with van der Waals surface area (Å²) in [6.07, 6.45) is 8.11. The number of hydrogen-bond acceptors (Lipinski definition) is 3. The molecule has 1 heterocycles. The number of allylic oxidation sites excluding steroid dienone is 2. The third-order valence-corrected chi connectivity index (χ3v) is 3.82. The van der Waals surface area contributed by atoms with Gasteiger partial charge in [-0.15, -0.1) is 0 Å². The molecule has 0 unspecified atom stereocenters. The summed E-state index contributed by atoms with van der Waals surface area (Å²) in [6, 6.07) is 9.23. The van der Waals surface area contributed by atoms with Gasteiger partial charge in [0, 0.05) is 11.9 Å². The van der Waals surface area contributed by atoms with Crippen molar-refractivity contribution in [2.75, 3.05) is 0 Å². The second kappa shape index (κ2) is 5.95. The molecule has 3 rings (SSSR count). The van der Waals surface area contributed by atoms with Crippen LogP contribution in [0.4, 0.5) is 0 Å². The van der Waals surface area contributed by atoms with Crippen molar-refractivity contribution in [2.24, 2.45) is 0 Å². The van der Waals surface area contributed by atoms with Gasteiger partial charge in [-0.1, -0.05) is 18.2 Å². The Morgan fingerprint density at radius 2 is 1.95 bits per heavy atom. The molecule has 3 heteroatoms. The van der Waals surface area contributed by atoms with Crippen LogP contribution < -0.4 is 10.1 Å². The van der Waals surface area contributed by atoms with E-state index in [4.69, 9.17) is 4.74 Å². The average molecular weight is 269 g/mol. The highest BCUT2D eigenvalue weighted by Crippen LogP contribution is 2.31. The van der Waals surface area contributed by atoms with Crippen molar-refractivity contribution >= 4 is 5.97 Å². The summed E-state index contributed by atoms with van der Waals surface area (Å²) in [6.45, 7) is 0. The van der Waals surface area contributed by atoms with Gasteiger partial charge in [-0.05, 0) is 55.4 Å². The van der Waals surface area contributed by atoms with Crippen LogP contribution in [0.1, 0.15) is 38.5 Å². The molecule has 1 aromatic carbocycles. The zero-order chi connectivity index (χ0) is 13.8. The van der Waals surface area contributed by atoms with E-state index in [9.17, 15) is 4.79 Å². The molecular weight excluding hydrogens is 250 g/mol. The van der Waals surface area contributed by atoms with Gasteiger partial charge in [0.1, 0.15) is 5.75 Å². The van der Waals surface area contributed by atoms with Gasteiger partial charge in [0.25, 0.3) is 0 Å². The van der Waals surface area contributed by atoms with Gasteiger partial charge in [0.15, 0.2) is 0 Å². The van der Waals surface area contributed by atoms with E-state index in [0.717, 1.165) is 24.8 Å². The molecule has 2 aliphatic rings. The molecule has 0 aromatic heterocycles. The SMILES string of the molecule is O=C(CC1=CNC2=C(CCCC2)C1)Oc1ccccc1. The number of benzene rings is 1. The highest BCUT2D eigenvalue weighted by Gasteiger charge is 2.19. The lowest BCUT2D eigenvalue weighted by atomic mass is 9.89. The fourth-order valence-corrected chi connectivity index (χ4v) is 2.81. The summed E-state index contributed by atoms with van der Waals surface area (Å²) in [5.41, 5.74) is 3.96. The summed E-state index contributed by atoms with van der Waals surface area (Å²) in [5, 5.41) is 3.35. The van der Waals surface area contributed by atoms with E-state index in [-0.39, 0.29) is 5.97 Å². The standard InChI is InChI=1S/C17H19NO2/c19-17(20-15-7-2-1-3-8-15)11-13-10-14-6-4-5-9-16(14)18-12-13/h1-3,7-8,12,18H,4-6,9-11H2. The molecule has 0 amide bonds. The number of ether oxygens (including phenoxy) is 1. The number of rotatable bonds is 3. The number of carbonyl (C=O) groups is 1. The first-order valence-electron chi connectivity index (χ1n) is 7.22. The maximum Gasteiger partial charge on any atom is 0.315 e. The summed E-state index contributed by atoms with van der Waals surface area (Å²) in [7, 11) is 0. The van der Waals surface area contributed by atoms with Crippen molar-refractivity contribution < 1.29 is 9.53 Å². The molecule has 3 nitrogen and oxygen atoms in total. The lowest BCUT2D eigenvalue weighted by molar-refractivity contribution is -0.133. The molecule has 0 fully saturated rings. The summed E-state index contributed by atoms with van der Waals surface area (Å²) in [4.78, 5) is 11.9. The molecule has 1 N–H and O–H groups in total. The Morgan fingerprint density at radius 1 is 1.15 bits per heavy atom. The molecule has 0 radical (unpaired) electrons. The van der Waals surface area contributed by atoms with E-state index in [1.807, 2.05) is 24.4 Å². The van der Waals surface area contributed by atoms with Crippen LogP contribution in [0.5, 0.6) is 5.75 Å². The van der Waals surface area contributed by atoms with E-state index in [1.165, 1.54) is 24.1 Å². The van der Waals surface area contributed by atoms with Crippen molar-refractivity contribution in [3.05, 3.63) is 53.4 Å². The zero-order valence-corrected chi connectivity index (χ0v) is 11.5. The Labute approximate surface area is 119 Å². The van der Waals surface area contributed by atoms with Crippen LogP contribution in [0.3, 0.4) is 0 Å².